The molecule has 0 aliphatic carbocycles. The van der Waals surface area contributed by atoms with E-state index in [1.165, 1.54) is 33.4 Å². The molecular weight excluding hydrogens is 988 g/mol. The molecule has 1 aliphatic rings. The molecule has 7 aromatic carbocycles. The molecule has 0 unspecified atom stereocenters. The summed E-state index contributed by atoms with van der Waals surface area (Å²) in [7, 11) is 0. The van der Waals surface area contributed by atoms with E-state index >= 15 is 0 Å². The number of hydrogen-bond donors (Lipinski definition) is 0. The second-order valence-corrected chi connectivity index (χ2v) is 20.3. The first-order valence-electron chi connectivity index (χ1n) is 22.6. The molecule has 0 amide bonds. The van der Waals surface area contributed by atoms with Gasteiger partial charge in [-0.05, 0) is 103 Å². The van der Waals surface area contributed by atoms with Crippen molar-refractivity contribution in [1.29, 1.82) is 0 Å². The number of ether oxygens (including phenoxy) is 1. The van der Waals surface area contributed by atoms with Crippen molar-refractivity contribution in [3.63, 3.8) is 0 Å². The summed E-state index contributed by atoms with van der Waals surface area (Å²) in [5, 5.41) is 2.21. The average molecular weight is 1040 g/mol. The van der Waals surface area contributed by atoms with E-state index in [4.69, 9.17) is 9.72 Å². The minimum atomic E-state index is -0.0643. The normalized spacial score (nSPS) is 13.0. The predicted octanol–water partition coefficient (Wildman–Crippen LogP) is 16.2. The van der Waals surface area contributed by atoms with Crippen LogP contribution in [0.1, 0.15) is 79.0 Å². The van der Waals surface area contributed by atoms with Crippen LogP contribution in [0.25, 0.3) is 49.9 Å². The standard InChI is InChI=1S/C60H55N4O.Pt/c1-58(2,3)41-31-32-61-56(36-41)64-54-28-18-25-50(49-24-14-13-23-48(49)40-19-11-10-12-20-40)57(54)51-30-29-47(38-55(51)64)65-46-22-17-21-44(37-46)62-39-63(53-27-16-15-26-52(53)62)45-34-42(59(4,5)6)33-43(35-45)60(7,8)9;/h10-36,39H,1-9H3;/q-3;. The topological polar surface area (TPSA) is 33.5 Å². The maximum Gasteiger partial charge on any atom is 0.135 e. The molecule has 0 saturated carbocycles. The van der Waals surface area contributed by atoms with E-state index in [0.29, 0.717) is 11.5 Å². The number of anilines is 4. The van der Waals surface area contributed by atoms with Crippen molar-refractivity contribution in [3.8, 4) is 39.6 Å². The predicted molar refractivity (Wildman–Crippen MR) is 271 cm³/mol. The van der Waals surface area contributed by atoms with Gasteiger partial charge >= 0.3 is 0 Å². The molecule has 0 saturated heterocycles. The number of hydrogen-bond acceptors (Lipinski definition) is 4. The number of para-hydroxylation sites is 2. The molecular formula is C60H55N4OPt-3. The molecule has 0 radical (unpaired) electrons. The van der Waals surface area contributed by atoms with Crippen LogP contribution in [0.2, 0.25) is 0 Å². The summed E-state index contributed by atoms with van der Waals surface area (Å²) in [6.45, 7) is 22.6. The molecule has 0 atom stereocenters. The quantitative estimate of drug-likeness (QED) is 0.149. The van der Waals surface area contributed by atoms with Crippen molar-refractivity contribution >= 4 is 44.6 Å². The van der Waals surface area contributed by atoms with Crippen molar-refractivity contribution in [3.05, 3.63) is 199 Å². The SMILES string of the molecule is CC(C)(C)c1cc(N2[CH-]N(c3[c-]c(Oc4[c-]c5c(cc4)c4c(-c6ccccc6-c6ccccc6)cccc4n5-c4cc(C(C)(C)C)ccn4)ccc3)c3ccccc32)cc(C(C)(C)C)c1.[Pt]. The van der Waals surface area contributed by atoms with Gasteiger partial charge in [0.05, 0.1) is 0 Å². The van der Waals surface area contributed by atoms with Crippen LogP contribution in [-0.4, -0.2) is 9.55 Å². The second kappa shape index (κ2) is 17.1. The molecule has 66 heavy (non-hydrogen) atoms. The Kier molecular flexibility index (Phi) is 11.6. The van der Waals surface area contributed by atoms with Crippen LogP contribution in [-0.2, 0) is 37.3 Å². The number of fused-ring (bicyclic) bond motifs is 4. The molecule has 334 valence electrons. The summed E-state index contributed by atoms with van der Waals surface area (Å²) in [5.74, 6) is 2.03. The third-order valence-electron chi connectivity index (χ3n) is 12.6. The van der Waals surface area contributed by atoms with Gasteiger partial charge in [0.2, 0.25) is 0 Å². The van der Waals surface area contributed by atoms with Gasteiger partial charge in [0, 0.05) is 61.3 Å². The van der Waals surface area contributed by atoms with Gasteiger partial charge in [0.1, 0.15) is 5.82 Å². The molecule has 5 nitrogen and oxygen atoms in total. The minimum absolute atomic E-state index is 0. The average Bonchev–Trinajstić information content (AvgIpc) is 3.85. The first kappa shape index (κ1) is 44.8. The smallest absolute Gasteiger partial charge is 0.135 e. The largest absolute Gasteiger partial charge is 0.509 e. The van der Waals surface area contributed by atoms with E-state index in [0.717, 1.165) is 55.9 Å². The van der Waals surface area contributed by atoms with Crippen molar-refractivity contribution in [2.45, 2.75) is 78.6 Å². The van der Waals surface area contributed by atoms with Crippen molar-refractivity contribution < 1.29 is 25.8 Å². The Balaban J connectivity index is 0.00000548. The number of benzene rings is 7. The van der Waals surface area contributed by atoms with E-state index in [-0.39, 0.29) is 37.3 Å². The van der Waals surface area contributed by atoms with E-state index in [1.807, 2.05) is 24.4 Å². The summed E-state index contributed by atoms with van der Waals surface area (Å²) in [4.78, 5) is 9.50. The van der Waals surface area contributed by atoms with Crippen LogP contribution in [0.4, 0.5) is 22.7 Å². The zero-order valence-corrected chi connectivity index (χ0v) is 41.5. The fourth-order valence-electron chi connectivity index (χ4n) is 8.97. The maximum absolute atomic E-state index is 6.75. The van der Waals surface area contributed by atoms with Gasteiger partial charge in [-0.25, -0.2) is 4.98 Å². The molecule has 0 N–H and O–H groups in total. The third-order valence-corrected chi connectivity index (χ3v) is 12.6. The van der Waals surface area contributed by atoms with Gasteiger partial charge in [0.15, 0.2) is 0 Å². The number of nitrogens with zero attached hydrogens (tertiary/aromatic N) is 4. The summed E-state index contributed by atoms with van der Waals surface area (Å²) >= 11 is 0. The zero-order chi connectivity index (χ0) is 45.3. The molecule has 3 heterocycles. The van der Waals surface area contributed by atoms with Crippen molar-refractivity contribution in [2.24, 2.45) is 0 Å². The first-order chi connectivity index (χ1) is 31.1. The van der Waals surface area contributed by atoms with E-state index in [2.05, 4.69) is 235 Å². The number of aromatic nitrogens is 2. The molecule has 10 rings (SSSR count). The van der Waals surface area contributed by atoms with Gasteiger partial charge in [-0.1, -0.05) is 153 Å². The van der Waals surface area contributed by atoms with Crippen molar-refractivity contribution in [2.75, 3.05) is 9.80 Å². The van der Waals surface area contributed by atoms with Crippen LogP contribution in [0.5, 0.6) is 11.5 Å². The summed E-state index contributed by atoms with van der Waals surface area (Å²) in [5.41, 5.74) is 14.6. The van der Waals surface area contributed by atoms with E-state index < -0.39 is 0 Å². The van der Waals surface area contributed by atoms with Crippen LogP contribution < -0.4 is 14.5 Å². The first-order valence-corrected chi connectivity index (χ1v) is 22.6. The van der Waals surface area contributed by atoms with Gasteiger partial charge < -0.3 is 19.1 Å². The Bertz CT molecular complexity index is 3210. The van der Waals surface area contributed by atoms with Crippen LogP contribution in [0, 0.1) is 18.8 Å². The Morgan fingerprint density at radius 1 is 0.515 bits per heavy atom. The summed E-state index contributed by atoms with van der Waals surface area (Å²) in [6, 6.07) is 63.4. The second-order valence-electron chi connectivity index (χ2n) is 20.3. The molecule has 0 fully saturated rings. The Labute approximate surface area is 405 Å². The molecule has 0 spiro atoms. The zero-order valence-electron chi connectivity index (χ0n) is 39.2. The van der Waals surface area contributed by atoms with Crippen LogP contribution in [0.3, 0.4) is 0 Å². The molecule has 9 aromatic rings. The monoisotopic (exact) mass is 1040 g/mol. The Hall–Kier alpha value is -6.42. The van der Waals surface area contributed by atoms with E-state index in [1.54, 1.807) is 0 Å². The fraction of sp³-hybridized carbons (Fsp3) is 0.200. The summed E-state index contributed by atoms with van der Waals surface area (Å²) in [6.07, 6.45) is 1.92. The molecule has 1 aliphatic heterocycles. The van der Waals surface area contributed by atoms with Gasteiger partial charge in [-0.3, -0.25) is 0 Å². The number of pyridine rings is 1. The molecule has 6 heteroatoms. The maximum atomic E-state index is 6.75. The Morgan fingerprint density at radius 2 is 1.12 bits per heavy atom. The Morgan fingerprint density at radius 3 is 1.82 bits per heavy atom. The molecule has 0 bridgehead atoms. The minimum Gasteiger partial charge on any atom is -0.509 e. The van der Waals surface area contributed by atoms with Gasteiger partial charge in [-0.2, -0.15) is 12.1 Å². The fourth-order valence-corrected chi connectivity index (χ4v) is 8.97. The molecule has 2 aromatic heterocycles. The van der Waals surface area contributed by atoms with Crippen LogP contribution in [0.15, 0.2) is 164 Å². The third kappa shape index (κ3) is 8.35. The van der Waals surface area contributed by atoms with Crippen LogP contribution >= 0.6 is 0 Å². The van der Waals surface area contributed by atoms with Gasteiger partial charge in [0.25, 0.3) is 0 Å². The van der Waals surface area contributed by atoms with E-state index in [9.17, 15) is 0 Å². The number of rotatable bonds is 7. The van der Waals surface area contributed by atoms with Crippen molar-refractivity contribution in [1.82, 2.24) is 9.55 Å². The van der Waals surface area contributed by atoms with Gasteiger partial charge in [-0.15, -0.1) is 48.1 Å². The summed E-state index contributed by atoms with van der Waals surface area (Å²) < 4.78 is 8.99.